The molecule has 0 aliphatic carbocycles. The van der Waals surface area contributed by atoms with Crippen LogP contribution in [0.4, 0.5) is 5.82 Å². The van der Waals surface area contributed by atoms with Crippen LogP contribution >= 0.6 is 0 Å². The first-order valence-corrected chi connectivity index (χ1v) is 12.1. The average molecular weight is 454 g/mol. The van der Waals surface area contributed by atoms with Crippen molar-refractivity contribution in [1.29, 1.82) is 5.26 Å². The Kier molecular flexibility index (Phi) is 6.12. The van der Waals surface area contributed by atoms with Crippen LogP contribution in [0.2, 0.25) is 0 Å². The molecule has 1 aliphatic heterocycles. The van der Waals surface area contributed by atoms with Gasteiger partial charge in [-0.25, -0.2) is 4.98 Å². The maximum Gasteiger partial charge on any atom is 0.157 e. The van der Waals surface area contributed by atoms with Crippen molar-refractivity contribution in [2.75, 3.05) is 44.2 Å². The topological polar surface area (TPSA) is 56.8 Å². The highest BCUT2D eigenvalue weighted by Crippen LogP contribution is 2.32. The highest BCUT2D eigenvalue weighted by molar-refractivity contribution is 5.85. The molecule has 1 aliphatic rings. The number of hydrogen-bond donors (Lipinski definition) is 0. The summed E-state index contributed by atoms with van der Waals surface area (Å²) in [5.74, 6) is 2.30. The standard InChI is InChI=1S/C28H31N5O/c1-20(2)23-18-27(33-26-7-5-4-6-25(26)30-28(33)24(23)19-29)32-14-12-31(13-15-32)16-17-34-22-10-8-21(3)9-11-22/h4-11,18,20H,12-17H2,1-3H3. The third-order valence-electron chi connectivity index (χ3n) is 6.71. The molecule has 0 N–H and O–H groups in total. The number of benzene rings is 2. The molecule has 3 heterocycles. The van der Waals surface area contributed by atoms with E-state index in [0.717, 1.165) is 66.5 Å². The second-order valence-corrected chi connectivity index (χ2v) is 9.35. The van der Waals surface area contributed by atoms with E-state index in [2.05, 4.69) is 65.3 Å². The van der Waals surface area contributed by atoms with E-state index in [1.807, 2.05) is 30.3 Å². The summed E-state index contributed by atoms with van der Waals surface area (Å²) in [4.78, 5) is 9.76. The fraction of sp³-hybridized carbons (Fsp3) is 0.357. The van der Waals surface area contributed by atoms with Gasteiger partial charge in [-0.2, -0.15) is 5.26 Å². The summed E-state index contributed by atoms with van der Waals surface area (Å²) in [7, 11) is 0. The van der Waals surface area contributed by atoms with Gasteiger partial charge in [0, 0.05) is 32.7 Å². The molecule has 2 aromatic carbocycles. The van der Waals surface area contributed by atoms with Crippen LogP contribution < -0.4 is 9.64 Å². The minimum atomic E-state index is 0.249. The predicted octanol–water partition coefficient (Wildman–Crippen LogP) is 4.99. The van der Waals surface area contributed by atoms with E-state index in [4.69, 9.17) is 9.72 Å². The van der Waals surface area contributed by atoms with E-state index in [0.29, 0.717) is 12.2 Å². The van der Waals surface area contributed by atoms with Gasteiger partial charge in [0.2, 0.25) is 0 Å². The molecule has 174 valence electrons. The summed E-state index contributed by atoms with van der Waals surface area (Å²) in [6, 6.07) is 21.0. The molecule has 0 saturated carbocycles. The molecule has 0 atom stereocenters. The number of anilines is 1. The van der Waals surface area contributed by atoms with Gasteiger partial charge in [-0.05, 0) is 48.7 Å². The van der Waals surface area contributed by atoms with Gasteiger partial charge in [0.1, 0.15) is 24.2 Å². The van der Waals surface area contributed by atoms with Crippen LogP contribution in [0.25, 0.3) is 16.7 Å². The zero-order valence-electron chi connectivity index (χ0n) is 20.2. The lowest BCUT2D eigenvalue weighted by Gasteiger charge is -2.36. The summed E-state index contributed by atoms with van der Waals surface area (Å²) in [6.45, 7) is 11.8. The van der Waals surface area contributed by atoms with Crippen molar-refractivity contribution in [2.45, 2.75) is 26.7 Å². The number of aryl methyl sites for hydroxylation is 1. The van der Waals surface area contributed by atoms with Gasteiger partial charge in [0.25, 0.3) is 0 Å². The highest BCUT2D eigenvalue weighted by atomic mass is 16.5. The van der Waals surface area contributed by atoms with Crippen molar-refractivity contribution >= 4 is 22.5 Å². The number of para-hydroxylation sites is 2. The quantitative estimate of drug-likeness (QED) is 0.412. The van der Waals surface area contributed by atoms with Gasteiger partial charge in [-0.1, -0.05) is 43.7 Å². The minimum absolute atomic E-state index is 0.249. The maximum atomic E-state index is 9.97. The van der Waals surface area contributed by atoms with Crippen molar-refractivity contribution in [3.63, 3.8) is 0 Å². The van der Waals surface area contributed by atoms with E-state index in [1.54, 1.807) is 0 Å². The van der Waals surface area contributed by atoms with Crippen LogP contribution in [0, 0.1) is 18.3 Å². The molecule has 0 unspecified atom stereocenters. The van der Waals surface area contributed by atoms with Crippen LogP contribution in [0.3, 0.4) is 0 Å². The van der Waals surface area contributed by atoms with Crippen LogP contribution in [0.5, 0.6) is 5.75 Å². The van der Waals surface area contributed by atoms with Gasteiger partial charge < -0.3 is 9.64 Å². The number of nitrogens with zero attached hydrogens (tertiary/aromatic N) is 5. The smallest absolute Gasteiger partial charge is 0.157 e. The molecular weight excluding hydrogens is 422 g/mol. The first kappa shape index (κ1) is 22.2. The van der Waals surface area contributed by atoms with Crippen LogP contribution in [-0.2, 0) is 0 Å². The Bertz CT molecular complexity index is 1340. The fourth-order valence-electron chi connectivity index (χ4n) is 4.76. The van der Waals surface area contributed by atoms with Gasteiger partial charge >= 0.3 is 0 Å². The molecule has 34 heavy (non-hydrogen) atoms. The van der Waals surface area contributed by atoms with Crippen LogP contribution in [-0.4, -0.2) is 53.6 Å². The molecule has 6 nitrogen and oxygen atoms in total. The SMILES string of the molecule is Cc1ccc(OCCN2CCN(c3cc(C(C)C)c(C#N)c4nc5ccccc5n34)CC2)cc1. The van der Waals surface area contributed by atoms with Crippen molar-refractivity contribution < 1.29 is 4.74 Å². The van der Waals surface area contributed by atoms with E-state index < -0.39 is 0 Å². The third kappa shape index (κ3) is 4.20. The van der Waals surface area contributed by atoms with E-state index in [1.165, 1.54) is 5.56 Å². The number of fused-ring (bicyclic) bond motifs is 3. The number of rotatable bonds is 6. The molecule has 1 saturated heterocycles. The average Bonchev–Trinajstić information content (AvgIpc) is 3.24. The van der Waals surface area contributed by atoms with E-state index in [-0.39, 0.29) is 5.92 Å². The second-order valence-electron chi connectivity index (χ2n) is 9.35. The van der Waals surface area contributed by atoms with Gasteiger partial charge in [0.05, 0.1) is 16.6 Å². The number of hydrogen-bond acceptors (Lipinski definition) is 5. The van der Waals surface area contributed by atoms with Crippen LogP contribution in [0.1, 0.15) is 36.5 Å². The number of imidazole rings is 1. The summed E-state index contributed by atoms with van der Waals surface area (Å²) in [5, 5.41) is 9.97. The lowest BCUT2D eigenvalue weighted by molar-refractivity contribution is 0.200. The Hall–Kier alpha value is -3.56. The molecule has 5 rings (SSSR count). The monoisotopic (exact) mass is 453 g/mol. The number of nitriles is 1. The molecule has 6 heteroatoms. The summed E-state index contributed by atoms with van der Waals surface area (Å²) in [5.41, 5.74) is 5.72. The lowest BCUT2D eigenvalue weighted by Crippen LogP contribution is -2.48. The number of pyridine rings is 1. The minimum Gasteiger partial charge on any atom is -0.492 e. The normalized spacial score (nSPS) is 14.7. The maximum absolute atomic E-state index is 9.97. The molecule has 0 radical (unpaired) electrons. The van der Waals surface area contributed by atoms with Crippen molar-refractivity contribution in [3.05, 3.63) is 71.3 Å². The zero-order valence-corrected chi connectivity index (χ0v) is 20.2. The summed E-state index contributed by atoms with van der Waals surface area (Å²) >= 11 is 0. The van der Waals surface area contributed by atoms with Crippen LogP contribution in [0.15, 0.2) is 54.6 Å². The largest absolute Gasteiger partial charge is 0.492 e. The van der Waals surface area contributed by atoms with E-state index >= 15 is 0 Å². The Labute approximate surface area is 201 Å². The number of piperazine rings is 1. The van der Waals surface area contributed by atoms with Gasteiger partial charge in [0.15, 0.2) is 5.65 Å². The lowest BCUT2D eigenvalue weighted by atomic mass is 9.98. The Morgan fingerprint density at radius 1 is 1.03 bits per heavy atom. The molecule has 1 fully saturated rings. The molecular formula is C28H31N5O. The van der Waals surface area contributed by atoms with Crippen molar-refractivity contribution in [3.8, 4) is 11.8 Å². The Morgan fingerprint density at radius 3 is 2.47 bits per heavy atom. The molecule has 0 bridgehead atoms. The highest BCUT2D eigenvalue weighted by Gasteiger charge is 2.24. The van der Waals surface area contributed by atoms with Crippen molar-refractivity contribution in [2.24, 2.45) is 0 Å². The number of ether oxygens (including phenoxy) is 1. The summed E-state index contributed by atoms with van der Waals surface area (Å²) in [6.07, 6.45) is 0. The first-order chi connectivity index (χ1) is 16.5. The predicted molar refractivity (Wildman–Crippen MR) is 137 cm³/mol. The molecule has 4 aromatic rings. The second kappa shape index (κ2) is 9.36. The molecule has 0 amide bonds. The van der Waals surface area contributed by atoms with Gasteiger partial charge in [-0.15, -0.1) is 0 Å². The fourth-order valence-corrected chi connectivity index (χ4v) is 4.76. The molecule has 0 spiro atoms. The molecule has 2 aromatic heterocycles. The van der Waals surface area contributed by atoms with E-state index in [9.17, 15) is 5.26 Å². The summed E-state index contributed by atoms with van der Waals surface area (Å²) < 4.78 is 8.12. The van der Waals surface area contributed by atoms with Gasteiger partial charge in [-0.3, -0.25) is 9.30 Å². The zero-order chi connectivity index (χ0) is 23.7. The first-order valence-electron chi connectivity index (χ1n) is 12.1. The third-order valence-corrected chi connectivity index (χ3v) is 6.71. The Morgan fingerprint density at radius 2 is 1.76 bits per heavy atom. The number of aromatic nitrogens is 2. The Balaban J connectivity index is 1.36. The van der Waals surface area contributed by atoms with Crippen molar-refractivity contribution in [1.82, 2.24) is 14.3 Å².